The minimum Gasteiger partial charge on any atom is -0.310 e. The molecule has 0 fully saturated rings. The molecular weight excluding hydrogens is 1260 g/mol. The van der Waals surface area contributed by atoms with Gasteiger partial charge in [-0.1, -0.05) is 267 Å². The summed E-state index contributed by atoms with van der Waals surface area (Å²) in [5, 5.41) is 4.83. The fourth-order valence-electron chi connectivity index (χ4n) is 18.9. The van der Waals surface area contributed by atoms with Gasteiger partial charge in [-0.25, -0.2) is 0 Å². The topological polar surface area (TPSA) is 16.3 Å². The molecule has 18 aromatic rings. The number of benzene rings is 16. The fourth-order valence-corrected chi connectivity index (χ4v) is 18.9. The molecular formula is C100H64N4. The van der Waals surface area contributed by atoms with Crippen LogP contribution in [-0.2, 0) is 10.8 Å². The fraction of sp³-hybridized carbons (Fsp3) is 0.0200. The summed E-state index contributed by atoms with van der Waals surface area (Å²) in [7, 11) is 0. The first-order valence-electron chi connectivity index (χ1n) is 36.1. The van der Waals surface area contributed by atoms with Gasteiger partial charge in [0.15, 0.2) is 0 Å². The van der Waals surface area contributed by atoms with Crippen LogP contribution in [0.15, 0.2) is 376 Å². The lowest BCUT2D eigenvalue weighted by Gasteiger charge is -2.32. The van der Waals surface area contributed by atoms with Gasteiger partial charge in [0.1, 0.15) is 0 Å². The van der Waals surface area contributed by atoms with Gasteiger partial charge in [0.2, 0.25) is 0 Å². The monoisotopic (exact) mass is 1320 g/mol. The number of para-hydroxylation sites is 4. The molecule has 2 heterocycles. The van der Waals surface area contributed by atoms with Crippen LogP contribution < -0.4 is 9.80 Å². The van der Waals surface area contributed by atoms with Gasteiger partial charge in [-0.15, -0.1) is 0 Å². The lowest BCUT2D eigenvalue weighted by atomic mass is 9.70. The Balaban J connectivity index is 0.663. The van der Waals surface area contributed by atoms with Gasteiger partial charge in [-0.2, -0.15) is 0 Å². The van der Waals surface area contributed by atoms with Crippen molar-refractivity contribution >= 4 is 89.9 Å². The van der Waals surface area contributed by atoms with Gasteiger partial charge >= 0.3 is 0 Å². The lowest BCUT2D eigenvalue weighted by molar-refractivity contribution is 0.793. The highest BCUT2D eigenvalue weighted by Gasteiger charge is 2.53. The van der Waals surface area contributed by atoms with Crippen LogP contribution in [0.25, 0.3) is 112 Å². The maximum absolute atomic E-state index is 2.50. The van der Waals surface area contributed by atoms with E-state index in [9.17, 15) is 0 Å². The molecule has 0 bridgehead atoms. The molecule has 484 valence electrons. The minimum atomic E-state index is -0.493. The Labute approximate surface area is 603 Å². The van der Waals surface area contributed by atoms with Gasteiger partial charge < -0.3 is 18.9 Å². The second-order valence-electron chi connectivity index (χ2n) is 28.2. The molecule has 0 aliphatic heterocycles. The van der Waals surface area contributed by atoms with Gasteiger partial charge in [0.25, 0.3) is 0 Å². The zero-order valence-corrected chi connectivity index (χ0v) is 56.7. The Morgan fingerprint density at radius 3 is 0.798 bits per heavy atom. The van der Waals surface area contributed by atoms with E-state index in [4.69, 9.17) is 0 Å². The average molecular weight is 1320 g/mol. The second kappa shape index (κ2) is 22.5. The number of rotatable bonds is 10. The molecule has 4 heteroatoms. The Morgan fingerprint density at radius 1 is 0.192 bits per heavy atom. The summed E-state index contributed by atoms with van der Waals surface area (Å²) in [5.74, 6) is 0. The van der Waals surface area contributed by atoms with Crippen molar-refractivity contribution in [1.29, 1.82) is 0 Å². The van der Waals surface area contributed by atoms with E-state index in [0.717, 1.165) is 56.6 Å². The van der Waals surface area contributed by atoms with Crippen molar-refractivity contribution in [2.24, 2.45) is 0 Å². The summed E-state index contributed by atoms with van der Waals surface area (Å²) < 4.78 is 4.80. The van der Waals surface area contributed by atoms with Crippen LogP contribution in [0, 0.1) is 0 Å². The predicted molar refractivity (Wildman–Crippen MR) is 432 cm³/mol. The number of hydrogen-bond donors (Lipinski definition) is 0. The highest BCUT2D eigenvalue weighted by molar-refractivity contribution is 6.12. The summed E-state index contributed by atoms with van der Waals surface area (Å²) in [6.45, 7) is 0. The van der Waals surface area contributed by atoms with E-state index in [-0.39, 0.29) is 0 Å². The molecule has 4 aliphatic carbocycles. The third-order valence-electron chi connectivity index (χ3n) is 23.1. The summed E-state index contributed by atoms with van der Waals surface area (Å²) in [6, 6.07) is 141. The number of aromatic nitrogens is 2. The molecule has 22 rings (SSSR count). The second-order valence-corrected chi connectivity index (χ2v) is 28.2. The van der Waals surface area contributed by atoms with E-state index in [1.807, 2.05) is 0 Å². The van der Waals surface area contributed by atoms with Crippen LogP contribution in [0.4, 0.5) is 34.1 Å². The van der Waals surface area contributed by atoms with E-state index in [0.29, 0.717) is 0 Å². The summed E-state index contributed by atoms with van der Waals surface area (Å²) in [6.07, 6.45) is 4.50. The quantitative estimate of drug-likeness (QED) is 0.127. The van der Waals surface area contributed by atoms with Crippen molar-refractivity contribution in [2.45, 2.75) is 10.8 Å². The molecule has 4 nitrogen and oxygen atoms in total. The normalized spacial score (nSPS) is 13.5. The van der Waals surface area contributed by atoms with Crippen LogP contribution in [0.1, 0.15) is 55.6 Å². The molecule has 0 radical (unpaired) electrons. The Morgan fingerprint density at radius 2 is 0.452 bits per heavy atom. The van der Waals surface area contributed by atoms with Crippen LogP contribution in [-0.4, -0.2) is 9.13 Å². The van der Waals surface area contributed by atoms with E-state index < -0.39 is 10.8 Å². The molecule has 0 amide bonds. The van der Waals surface area contributed by atoms with E-state index in [1.165, 1.54) is 133 Å². The van der Waals surface area contributed by atoms with Gasteiger partial charge in [-0.3, -0.25) is 0 Å². The first-order valence-corrected chi connectivity index (χ1v) is 36.1. The molecule has 0 atom stereocenters. The van der Waals surface area contributed by atoms with E-state index in [1.54, 1.807) is 0 Å². The molecule has 16 aromatic carbocycles. The standard InChI is InChI=1S/C100H64N4/c1-3-23-67(24-4-1)103-95-41-21-13-33-83(95)85-61-71(55-59-97(85)103)101(73-53-57-81-79-31-11-19-39-91(79)99(93(81)63-73)87-35-15-7-27-75(87)76-28-8-16-36-88(76)99)69-49-45-65(46-50-69)43-44-66-47-51-70(52-48-66)102(72-56-60-98-86(62-72)84-34-14-22-42-96(84)104(98)68-25-5-2-6-26-68)74-54-58-82-80-32-12-20-40-92(80)100(94(82)64-74)89-37-17-9-29-77(89)78-30-10-18-38-90(78)100/h1-64H. The Hall–Kier alpha value is -13.5. The molecule has 104 heavy (non-hydrogen) atoms. The molecule has 2 aromatic heterocycles. The molecule has 4 aliphatic rings. The molecule has 0 unspecified atom stereocenters. The maximum Gasteiger partial charge on any atom is 0.0726 e. The van der Waals surface area contributed by atoms with Crippen molar-refractivity contribution in [3.05, 3.63) is 432 Å². The minimum absolute atomic E-state index is 0.493. The third kappa shape index (κ3) is 8.19. The Bertz CT molecular complexity index is 6080. The summed E-state index contributed by atoms with van der Waals surface area (Å²) >= 11 is 0. The van der Waals surface area contributed by atoms with Crippen molar-refractivity contribution in [3.63, 3.8) is 0 Å². The SMILES string of the molecule is C(=Cc1ccc(N(c2ccc3c(c2)C2(c4ccccc4-c4ccccc42)c2ccccc2-3)c2ccc3c(c2)c2ccccc2n3-c2ccccc2)cc1)c1ccc(N(c2ccc3c(c2)C2(c4ccccc4-c4ccccc42)c2ccccc2-3)c2ccc3c(c2)c2ccccc2n3-c2ccccc2)cc1. The smallest absolute Gasteiger partial charge is 0.0726 e. The first-order chi connectivity index (χ1) is 51.6. The molecule has 0 N–H and O–H groups in total. The molecule has 2 spiro atoms. The first kappa shape index (κ1) is 58.3. The van der Waals surface area contributed by atoms with Crippen molar-refractivity contribution in [1.82, 2.24) is 9.13 Å². The number of anilines is 6. The predicted octanol–water partition coefficient (Wildman–Crippen LogP) is 25.7. The lowest BCUT2D eigenvalue weighted by Crippen LogP contribution is -2.26. The summed E-state index contributed by atoms with van der Waals surface area (Å²) in [5.41, 5.74) is 35.6. The average Bonchev–Trinajstić information content (AvgIpc) is 1.51. The molecule has 0 saturated carbocycles. The maximum atomic E-state index is 2.50. The zero-order chi connectivity index (χ0) is 68.2. The highest BCUT2D eigenvalue weighted by Crippen LogP contribution is 2.65. The summed E-state index contributed by atoms with van der Waals surface area (Å²) in [4.78, 5) is 4.94. The van der Waals surface area contributed by atoms with Crippen molar-refractivity contribution in [2.75, 3.05) is 9.80 Å². The highest BCUT2D eigenvalue weighted by atomic mass is 15.2. The number of hydrogen-bond acceptors (Lipinski definition) is 2. The number of fused-ring (bicyclic) bond motifs is 26. The Kier molecular flexibility index (Phi) is 12.6. The van der Waals surface area contributed by atoms with Gasteiger partial charge in [0.05, 0.1) is 32.9 Å². The van der Waals surface area contributed by atoms with Crippen LogP contribution in [0.2, 0.25) is 0 Å². The molecule has 0 saturated heterocycles. The largest absolute Gasteiger partial charge is 0.310 e. The number of nitrogens with zero attached hydrogens (tertiary/aromatic N) is 4. The van der Waals surface area contributed by atoms with E-state index >= 15 is 0 Å². The van der Waals surface area contributed by atoms with Gasteiger partial charge in [-0.05, 0) is 221 Å². The third-order valence-corrected chi connectivity index (χ3v) is 23.1. The van der Waals surface area contributed by atoms with Gasteiger partial charge in [0, 0.05) is 67.0 Å². The van der Waals surface area contributed by atoms with E-state index in [2.05, 4.69) is 407 Å². The zero-order valence-electron chi connectivity index (χ0n) is 56.7. The van der Waals surface area contributed by atoms with Crippen molar-refractivity contribution in [3.8, 4) is 55.9 Å². The van der Waals surface area contributed by atoms with Crippen LogP contribution in [0.5, 0.6) is 0 Å². The van der Waals surface area contributed by atoms with Crippen LogP contribution >= 0.6 is 0 Å². The van der Waals surface area contributed by atoms with Crippen molar-refractivity contribution < 1.29 is 0 Å². The van der Waals surface area contributed by atoms with Crippen LogP contribution in [0.3, 0.4) is 0 Å².